The van der Waals surface area contributed by atoms with Crippen LogP contribution in [0, 0.1) is 0 Å². The van der Waals surface area contributed by atoms with Gasteiger partial charge in [-0.3, -0.25) is 4.79 Å². The highest BCUT2D eigenvalue weighted by Crippen LogP contribution is 2.32. The van der Waals surface area contributed by atoms with Crippen molar-refractivity contribution in [2.24, 2.45) is 0 Å². The zero-order valence-corrected chi connectivity index (χ0v) is 12.0. The van der Waals surface area contributed by atoms with Gasteiger partial charge in [-0.15, -0.1) is 0 Å². The van der Waals surface area contributed by atoms with Crippen molar-refractivity contribution in [2.45, 2.75) is 17.9 Å². The summed E-state index contributed by atoms with van der Waals surface area (Å²) in [6, 6.07) is 4.78. The summed E-state index contributed by atoms with van der Waals surface area (Å²) in [5.74, 6) is -1.52. The van der Waals surface area contributed by atoms with E-state index in [4.69, 9.17) is 5.11 Å². The van der Waals surface area contributed by atoms with Crippen LogP contribution in [0.1, 0.15) is 29.0 Å². The standard InChI is InChI=1S/C11H10Br2O4/c1-5(14)9(13)7-3-2-6(12)4-8(7)10(15)11(16)17/h2-4,9-10,15H,1H3,(H,16,17). The van der Waals surface area contributed by atoms with E-state index < -0.39 is 16.9 Å². The monoisotopic (exact) mass is 364 g/mol. The van der Waals surface area contributed by atoms with E-state index in [-0.39, 0.29) is 11.3 Å². The first kappa shape index (κ1) is 14.3. The average Bonchev–Trinajstić information content (AvgIpc) is 2.26. The van der Waals surface area contributed by atoms with Crippen LogP contribution in [-0.4, -0.2) is 22.0 Å². The minimum absolute atomic E-state index is 0.161. The van der Waals surface area contributed by atoms with Gasteiger partial charge in [-0.05, 0) is 30.2 Å². The van der Waals surface area contributed by atoms with E-state index in [0.29, 0.717) is 10.0 Å². The van der Waals surface area contributed by atoms with Gasteiger partial charge in [0.15, 0.2) is 6.10 Å². The second-order valence-electron chi connectivity index (χ2n) is 3.49. The van der Waals surface area contributed by atoms with E-state index >= 15 is 0 Å². The Kier molecular flexibility index (Phi) is 4.85. The minimum Gasteiger partial charge on any atom is -0.479 e. The van der Waals surface area contributed by atoms with Crippen LogP contribution in [0.25, 0.3) is 0 Å². The van der Waals surface area contributed by atoms with Crippen LogP contribution in [0.3, 0.4) is 0 Å². The third kappa shape index (κ3) is 3.37. The smallest absolute Gasteiger partial charge is 0.337 e. The molecule has 0 fully saturated rings. The summed E-state index contributed by atoms with van der Waals surface area (Å²) in [6.07, 6.45) is -1.65. The van der Waals surface area contributed by atoms with E-state index in [0.717, 1.165) is 0 Å². The number of carboxylic acids is 1. The maximum atomic E-state index is 11.3. The molecule has 0 spiro atoms. The lowest BCUT2D eigenvalue weighted by molar-refractivity contribution is -0.147. The van der Waals surface area contributed by atoms with E-state index in [1.54, 1.807) is 12.1 Å². The Hall–Kier alpha value is -0.720. The van der Waals surface area contributed by atoms with Crippen molar-refractivity contribution in [1.29, 1.82) is 0 Å². The number of carbonyl (C=O) groups excluding carboxylic acids is 1. The highest BCUT2D eigenvalue weighted by molar-refractivity contribution is 9.10. The number of aliphatic hydroxyl groups is 1. The Morgan fingerprint density at radius 2 is 1.88 bits per heavy atom. The van der Waals surface area contributed by atoms with Crippen molar-refractivity contribution in [3.8, 4) is 0 Å². The van der Waals surface area contributed by atoms with Crippen molar-refractivity contribution < 1.29 is 19.8 Å². The minimum atomic E-state index is -1.65. The number of hydrogen-bond donors (Lipinski definition) is 2. The number of hydrogen-bond acceptors (Lipinski definition) is 3. The zero-order chi connectivity index (χ0) is 13.2. The lowest BCUT2D eigenvalue weighted by atomic mass is 9.98. The van der Waals surface area contributed by atoms with Crippen LogP contribution in [0.2, 0.25) is 0 Å². The van der Waals surface area contributed by atoms with Gasteiger partial charge >= 0.3 is 5.97 Å². The Morgan fingerprint density at radius 1 is 1.29 bits per heavy atom. The van der Waals surface area contributed by atoms with Crippen LogP contribution >= 0.6 is 31.9 Å². The Morgan fingerprint density at radius 3 is 2.35 bits per heavy atom. The number of alkyl halides is 1. The lowest BCUT2D eigenvalue weighted by Gasteiger charge is -2.15. The van der Waals surface area contributed by atoms with Gasteiger partial charge in [0.1, 0.15) is 5.78 Å². The van der Waals surface area contributed by atoms with Crippen molar-refractivity contribution in [2.75, 3.05) is 0 Å². The largest absolute Gasteiger partial charge is 0.479 e. The molecule has 4 nitrogen and oxygen atoms in total. The van der Waals surface area contributed by atoms with Crippen LogP contribution in [0.5, 0.6) is 0 Å². The first-order chi connectivity index (χ1) is 7.84. The maximum absolute atomic E-state index is 11.3. The molecular formula is C11H10Br2O4. The van der Waals surface area contributed by atoms with Crippen molar-refractivity contribution in [3.05, 3.63) is 33.8 Å². The van der Waals surface area contributed by atoms with E-state index in [1.165, 1.54) is 13.0 Å². The normalized spacial score (nSPS) is 14.1. The highest BCUT2D eigenvalue weighted by Gasteiger charge is 2.24. The SMILES string of the molecule is CC(=O)C(Br)c1ccc(Br)cc1C(O)C(=O)O. The second kappa shape index (κ2) is 5.75. The molecule has 2 unspecified atom stereocenters. The zero-order valence-electron chi connectivity index (χ0n) is 8.85. The molecule has 92 valence electrons. The molecule has 2 N–H and O–H groups in total. The number of benzene rings is 1. The van der Waals surface area contributed by atoms with Gasteiger partial charge in [0.2, 0.25) is 0 Å². The predicted molar refractivity (Wildman–Crippen MR) is 69.1 cm³/mol. The molecule has 0 radical (unpaired) electrons. The predicted octanol–water partition coefficient (Wildman–Crippen LogP) is 2.59. The van der Waals surface area contributed by atoms with Gasteiger partial charge < -0.3 is 10.2 Å². The van der Waals surface area contributed by atoms with Gasteiger partial charge in [-0.2, -0.15) is 0 Å². The number of carboxylic acid groups (broad SMARTS) is 1. The van der Waals surface area contributed by atoms with Gasteiger partial charge in [0.05, 0.1) is 4.83 Å². The number of rotatable bonds is 4. The highest BCUT2D eigenvalue weighted by atomic mass is 79.9. The number of halogens is 2. The van der Waals surface area contributed by atoms with E-state index in [2.05, 4.69) is 31.9 Å². The summed E-state index contributed by atoms with van der Waals surface area (Å²) < 4.78 is 0.639. The van der Waals surface area contributed by atoms with E-state index in [9.17, 15) is 14.7 Å². The molecule has 6 heteroatoms. The topological polar surface area (TPSA) is 74.6 Å². The molecule has 0 saturated carbocycles. The average molecular weight is 366 g/mol. The van der Waals surface area contributed by atoms with Crippen molar-refractivity contribution in [1.82, 2.24) is 0 Å². The molecule has 2 atom stereocenters. The molecular weight excluding hydrogens is 356 g/mol. The number of aliphatic hydroxyl groups excluding tert-OH is 1. The molecule has 1 rings (SSSR count). The van der Waals surface area contributed by atoms with Crippen LogP contribution in [0.4, 0.5) is 0 Å². The Labute approximate surface area is 115 Å². The van der Waals surface area contributed by atoms with Gasteiger partial charge in [0.25, 0.3) is 0 Å². The summed E-state index contributed by atoms with van der Waals surface area (Å²) in [5, 5.41) is 18.4. The molecule has 0 bridgehead atoms. The molecule has 0 amide bonds. The Balaban J connectivity index is 3.30. The fourth-order valence-electron chi connectivity index (χ4n) is 1.37. The molecule has 17 heavy (non-hydrogen) atoms. The summed E-state index contributed by atoms with van der Waals surface area (Å²) in [4.78, 5) is 21.5. The number of ketones is 1. The fourth-order valence-corrected chi connectivity index (χ4v) is 2.16. The molecule has 0 aliphatic carbocycles. The van der Waals surface area contributed by atoms with Crippen LogP contribution in [0.15, 0.2) is 22.7 Å². The van der Waals surface area contributed by atoms with Crippen LogP contribution < -0.4 is 0 Å². The third-order valence-electron chi connectivity index (χ3n) is 2.21. The number of aliphatic carboxylic acids is 1. The molecule has 0 saturated heterocycles. The number of carbonyl (C=O) groups is 2. The molecule has 1 aromatic carbocycles. The van der Waals surface area contributed by atoms with Crippen LogP contribution in [-0.2, 0) is 9.59 Å². The van der Waals surface area contributed by atoms with Gasteiger partial charge in [0, 0.05) is 4.47 Å². The molecule has 0 aromatic heterocycles. The molecule has 0 aliphatic heterocycles. The van der Waals surface area contributed by atoms with E-state index in [1.807, 2.05) is 0 Å². The molecule has 0 aliphatic rings. The summed E-state index contributed by atoms with van der Waals surface area (Å²) in [5.41, 5.74) is 0.652. The first-order valence-corrected chi connectivity index (χ1v) is 6.40. The lowest BCUT2D eigenvalue weighted by Crippen LogP contribution is -2.15. The fraction of sp³-hybridized carbons (Fsp3) is 0.273. The summed E-state index contributed by atoms with van der Waals surface area (Å²) in [6.45, 7) is 1.39. The third-order valence-corrected chi connectivity index (χ3v) is 3.84. The second-order valence-corrected chi connectivity index (χ2v) is 5.32. The maximum Gasteiger partial charge on any atom is 0.337 e. The quantitative estimate of drug-likeness (QED) is 0.804. The first-order valence-electron chi connectivity index (χ1n) is 4.69. The van der Waals surface area contributed by atoms with Gasteiger partial charge in [-0.1, -0.05) is 37.9 Å². The Bertz CT molecular complexity index is 459. The number of Topliss-reactive ketones (excluding diaryl/α,β-unsaturated/α-hetero) is 1. The summed E-state index contributed by atoms with van der Waals surface area (Å²) >= 11 is 6.37. The molecule has 0 heterocycles. The van der Waals surface area contributed by atoms with Crippen molar-refractivity contribution in [3.63, 3.8) is 0 Å². The summed E-state index contributed by atoms with van der Waals surface area (Å²) in [7, 11) is 0. The van der Waals surface area contributed by atoms with Crippen molar-refractivity contribution >= 4 is 43.6 Å². The van der Waals surface area contributed by atoms with Gasteiger partial charge in [-0.25, -0.2) is 4.79 Å². The molecule has 1 aromatic rings.